The Balaban J connectivity index is 2.32. The molecule has 0 saturated carbocycles. The lowest BCUT2D eigenvalue weighted by atomic mass is 10.2. The molecule has 0 fully saturated rings. The Morgan fingerprint density at radius 3 is 2.93 bits per heavy atom. The van der Waals surface area contributed by atoms with Crippen molar-refractivity contribution in [2.75, 3.05) is 0 Å². The van der Waals surface area contributed by atoms with Crippen LogP contribution in [0.2, 0.25) is 0 Å². The third-order valence-corrected chi connectivity index (χ3v) is 2.15. The van der Waals surface area contributed by atoms with E-state index in [9.17, 15) is 0 Å². The molecule has 0 radical (unpaired) electrons. The number of hydrogen-bond donors (Lipinski definition) is 1. The smallest absolute Gasteiger partial charge is 0.295 e. The van der Waals surface area contributed by atoms with Crippen LogP contribution in [0.25, 0.3) is 11.7 Å². The Kier molecular flexibility index (Phi) is 2.51. The second-order valence-corrected chi connectivity index (χ2v) is 3.24. The highest BCUT2D eigenvalue weighted by atomic mass is 16.5. The zero-order valence-corrected chi connectivity index (χ0v) is 8.60. The summed E-state index contributed by atoms with van der Waals surface area (Å²) in [5.41, 5.74) is 6.49. The monoisotopic (exact) mass is 208 g/mol. The van der Waals surface area contributed by atoms with Crippen LogP contribution in [0.4, 0.5) is 0 Å². The van der Waals surface area contributed by atoms with Gasteiger partial charge in [-0.15, -0.1) is 0 Å². The molecule has 0 aliphatic rings. The number of oxazole rings is 1. The summed E-state index contributed by atoms with van der Waals surface area (Å²) in [6.07, 6.45) is 2.10. The highest BCUT2D eigenvalue weighted by Gasteiger charge is 2.17. The average Bonchev–Trinajstić information content (AvgIpc) is 2.84. The first kappa shape index (κ1) is 9.85. The van der Waals surface area contributed by atoms with E-state index in [-0.39, 0.29) is 6.04 Å². The fourth-order valence-electron chi connectivity index (χ4n) is 1.17. The molecule has 2 heterocycles. The highest BCUT2D eigenvalue weighted by molar-refractivity contribution is 5.46. The largest absolute Gasteiger partial charge is 0.438 e. The standard InChI is InChI=1S/C9H12N4O2/c1-3-6(10)8-12-9(15-13-8)7-5(2)11-4-14-7/h4,6H,3,10H2,1-2H3. The summed E-state index contributed by atoms with van der Waals surface area (Å²) >= 11 is 0. The van der Waals surface area contributed by atoms with E-state index in [0.717, 1.165) is 12.1 Å². The molecule has 6 nitrogen and oxygen atoms in total. The van der Waals surface area contributed by atoms with E-state index < -0.39 is 0 Å². The van der Waals surface area contributed by atoms with Crippen molar-refractivity contribution in [2.24, 2.45) is 5.73 Å². The third kappa shape index (κ3) is 1.75. The van der Waals surface area contributed by atoms with Gasteiger partial charge in [-0.2, -0.15) is 4.98 Å². The first-order chi connectivity index (χ1) is 7.22. The van der Waals surface area contributed by atoms with Crippen molar-refractivity contribution in [3.8, 4) is 11.7 Å². The Bertz CT molecular complexity index is 448. The minimum atomic E-state index is -0.203. The molecule has 0 aromatic carbocycles. The Hall–Kier alpha value is -1.69. The molecule has 6 heteroatoms. The van der Waals surface area contributed by atoms with E-state index in [1.165, 1.54) is 6.39 Å². The van der Waals surface area contributed by atoms with Gasteiger partial charge in [-0.1, -0.05) is 12.1 Å². The lowest BCUT2D eigenvalue weighted by Crippen LogP contribution is -2.10. The van der Waals surface area contributed by atoms with E-state index in [1.54, 1.807) is 0 Å². The number of rotatable bonds is 3. The number of aromatic nitrogens is 3. The molecule has 0 spiro atoms. The van der Waals surface area contributed by atoms with Crippen LogP contribution in [0.15, 0.2) is 15.3 Å². The summed E-state index contributed by atoms with van der Waals surface area (Å²) in [6.45, 7) is 3.77. The molecule has 15 heavy (non-hydrogen) atoms. The van der Waals surface area contributed by atoms with Crippen molar-refractivity contribution < 1.29 is 8.94 Å². The van der Waals surface area contributed by atoms with Crippen LogP contribution in [0.3, 0.4) is 0 Å². The van der Waals surface area contributed by atoms with Gasteiger partial charge in [0.1, 0.15) is 0 Å². The van der Waals surface area contributed by atoms with Gasteiger partial charge in [-0.3, -0.25) is 0 Å². The van der Waals surface area contributed by atoms with Gasteiger partial charge in [-0.05, 0) is 13.3 Å². The summed E-state index contributed by atoms with van der Waals surface area (Å²) in [5, 5.41) is 3.79. The van der Waals surface area contributed by atoms with Gasteiger partial charge in [0.05, 0.1) is 11.7 Å². The molecule has 1 atom stereocenters. The molecule has 2 rings (SSSR count). The van der Waals surface area contributed by atoms with Gasteiger partial charge in [0, 0.05) is 0 Å². The maximum Gasteiger partial charge on any atom is 0.295 e. The topological polar surface area (TPSA) is 91.0 Å². The molecular formula is C9H12N4O2. The van der Waals surface area contributed by atoms with Gasteiger partial charge in [-0.25, -0.2) is 4.98 Å². The molecule has 80 valence electrons. The van der Waals surface area contributed by atoms with Crippen LogP contribution in [-0.4, -0.2) is 15.1 Å². The van der Waals surface area contributed by atoms with E-state index in [4.69, 9.17) is 14.7 Å². The number of aryl methyl sites for hydroxylation is 1. The van der Waals surface area contributed by atoms with Gasteiger partial charge in [0.15, 0.2) is 12.2 Å². The normalized spacial score (nSPS) is 13.0. The maximum absolute atomic E-state index is 5.77. The Morgan fingerprint density at radius 1 is 1.53 bits per heavy atom. The number of nitrogens with zero attached hydrogens (tertiary/aromatic N) is 3. The molecule has 0 amide bonds. The first-order valence-electron chi connectivity index (χ1n) is 4.72. The lowest BCUT2D eigenvalue weighted by Gasteiger charge is -1.98. The van der Waals surface area contributed by atoms with E-state index in [2.05, 4.69) is 15.1 Å². The second-order valence-electron chi connectivity index (χ2n) is 3.24. The SMILES string of the molecule is CCC(N)c1noc(-c2ocnc2C)n1. The molecule has 0 aliphatic carbocycles. The van der Waals surface area contributed by atoms with Crippen molar-refractivity contribution in [3.05, 3.63) is 17.9 Å². The van der Waals surface area contributed by atoms with Crippen LogP contribution in [0.1, 0.15) is 30.9 Å². The van der Waals surface area contributed by atoms with Crippen molar-refractivity contribution in [2.45, 2.75) is 26.3 Å². The number of nitrogens with two attached hydrogens (primary N) is 1. The molecule has 0 aliphatic heterocycles. The maximum atomic E-state index is 5.77. The summed E-state index contributed by atoms with van der Waals surface area (Å²) in [6, 6.07) is -0.203. The predicted octanol–water partition coefficient (Wildman–Crippen LogP) is 1.44. The molecule has 1 unspecified atom stereocenters. The van der Waals surface area contributed by atoms with Crippen LogP contribution in [-0.2, 0) is 0 Å². The summed E-state index contributed by atoms with van der Waals surface area (Å²) in [5.74, 6) is 1.31. The van der Waals surface area contributed by atoms with Crippen LogP contribution < -0.4 is 5.73 Å². The number of hydrogen-bond acceptors (Lipinski definition) is 6. The second kappa shape index (κ2) is 3.82. The summed E-state index contributed by atoms with van der Waals surface area (Å²) < 4.78 is 10.2. The van der Waals surface area contributed by atoms with Crippen LogP contribution in [0.5, 0.6) is 0 Å². The fraction of sp³-hybridized carbons (Fsp3) is 0.444. The van der Waals surface area contributed by atoms with E-state index >= 15 is 0 Å². The molecule has 2 aromatic rings. The zero-order valence-electron chi connectivity index (χ0n) is 8.60. The lowest BCUT2D eigenvalue weighted by molar-refractivity contribution is 0.402. The van der Waals surface area contributed by atoms with Crippen molar-refractivity contribution in [1.82, 2.24) is 15.1 Å². The van der Waals surface area contributed by atoms with Gasteiger partial charge >= 0.3 is 0 Å². The molecule has 2 N–H and O–H groups in total. The Morgan fingerprint density at radius 2 is 2.33 bits per heavy atom. The van der Waals surface area contributed by atoms with Crippen molar-refractivity contribution >= 4 is 0 Å². The van der Waals surface area contributed by atoms with Crippen LogP contribution >= 0.6 is 0 Å². The molecule has 2 aromatic heterocycles. The minimum absolute atomic E-state index is 0.203. The average molecular weight is 208 g/mol. The highest BCUT2D eigenvalue weighted by Crippen LogP contribution is 2.21. The van der Waals surface area contributed by atoms with E-state index in [1.807, 2.05) is 13.8 Å². The van der Waals surface area contributed by atoms with Crippen molar-refractivity contribution in [3.63, 3.8) is 0 Å². The molecule has 0 saturated heterocycles. The summed E-state index contributed by atoms with van der Waals surface area (Å²) in [7, 11) is 0. The summed E-state index contributed by atoms with van der Waals surface area (Å²) in [4.78, 5) is 8.09. The van der Waals surface area contributed by atoms with Gasteiger partial charge in [0.2, 0.25) is 5.76 Å². The van der Waals surface area contributed by atoms with Crippen molar-refractivity contribution in [1.29, 1.82) is 0 Å². The van der Waals surface area contributed by atoms with Crippen LogP contribution in [0, 0.1) is 6.92 Å². The minimum Gasteiger partial charge on any atom is -0.438 e. The predicted molar refractivity (Wildman–Crippen MR) is 51.8 cm³/mol. The third-order valence-electron chi connectivity index (χ3n) is 2.15. The first-order valence-corrected chi connectivity index (χ1v) is 4.72. The molecule has 0 bridgehead atoms. The van der Waals surface area contributed by atoms with Gasteiger partial charge in [0.25, 0.3) is 5.89 Å². The quantitative estimate of drug-likeness (QED) is 0.820. The Labute approximate surface area is 86.5 Å². The molecular weight excluding hydrogens is 196 g/mol. The van der Waals surface area contributed by atoms with Gasteiger partial charge < -0.3 is 14.7 Å². The fourth-order valence-corrected chi connectivity index (χ4v) is 1.17. The van der Waals surface area contributed by atoms with E-state index in [0.29, 0.717) is 17.5 Å². The zero-order chi connectivity index (χ0) is 10.8.